The summed E-state index contributed by atoms with van der Waals surface area (Å²) in [5, 5.41) is 6.14. The van der Waals surface area contributed by atoms with Crippen molar-refractivity contribution in [2.75, 3.05) is 5.32 Å². The first-order valence-corrected chi connectivity index (χ1v) is 9.07. The van der Waals surface area contributed by atoms with Gasteiger partial charge in [-0.2, -0.15) is 0 Å². The fourth-order valence-corrected chi connectivity index (χ4v) is 3.63. The van der Waals surface area contributed by atoms with Crippen molar-refractivity contribution in [1.29, 1.82) is 0 Å². The van der Waals surface area contributed by atoms with Gasteiger partial charge in [-0.15, -0.1) is 0 Å². The third-order valence-electron chi connectivity index (χ3n) is 4.00. The predicted octanol–water partition coefficient (Wildman–Crippen LogP) is 2.60. The number of aromatic nitrogens is 1. The molecule has 7 heteroatoms. The average molecular weight is 334 g/mol. The summed E-state index contributed by atoms with van der Waals surface area (Å²) >= 11 is 0. The number of sulfone groups is 1. The van der Waals surface area contributed by atoms with Gasteiger partial charge in [-0.25, -0.2) is 8.42 Å². The van der Waals surface area contributed by atoms with Gasteiger partial charge in [0.1, 0.15) is 0 Å². The fraction of sp³-hybridized carbons (Fsp3) is 0.375. The molecule has 0 atom stereocenters. The summed E-state index contributed by atoms with van der Waals surface area (Å²) < 4.78 is 29.3. The van der Waals surface area contributed by atoms with E-state index in [4.69, 9.17) is 4.52 Å². The first-order chi connectivity index (χ1) is 10.9. The van der Waals surface area contributed by atoms with Crippen LogP contribution >= 0.6 is 0 Å². The van der Waals surface area contributed by atoms with Gasteiger partial charge in [-0.3, -0.25) is 10.1 Å². The highest BCUT2D eigenvalue weighted by molar-refractivity contribution is 7.92. The van der Waals surface area contributed by atoms with E-state index in [9.17, 15) is 13.2 Å². The van der Waals surface area contributed by atoms with E-state index in [0.29, 0.717) is 11.4 Å². The van der Waals surface area contributed by atoms with Crippen molar-refractivity contribution in [2.24, 2.45) is 0 Å². The van der Waals surface area contributed by atoms with Crippen LogP contribution in [-0.4, -0.2) is 24.7 Å². The van der Waals surface area contributed by atoms with E-state index in [1.54, 1.807) is 13.8 Å². The second-order valence-corrected chi connectivity index (χ2v) is 8.37. The van der Waals surface area contributed by atoms with Crippen LogP contribution in [0.4, 0.5) is 5.88 Å². The molecule has 1 aliphatic carbocycles. The summed E-state index contributed by atoms with van der Waals surface area (Å²) in [7, 11) is -3.34. The topological polar surface area (TPSA) is 89.3 Å². The lowest BCUT2D eigenvalue weighted by molar-refractivity contribution is 0.102. The second-order valence-electron chi connectivity index (χ2n) is 5.86. The Hall–Kier alpha value is -2.15. The van der Waals surface area contributed by atoms with Gasteiger partial charge in [0, 0.05) is 11.1 Å². The van der Waals surface area contributed by atoms with E-state index >= 15 is 0 Å². The maximum atomic E-state index is 12.3. The number of nitrogens with zero attached hydrogens (tertiary/aromatic N) is 1. The van der Waals surface area contributed by atoms with Crippen LogP contribution in [0.5, 0.6) is 0 Å². The van der Waals surface area contributed by atoms with Crippen molar-refractivity contribution < 1.29 is 17.7 Å². The average Bonchev–Trinajstić information content (AvgIpc) is 3.12. The van der Waals surface area contributed by atoms with Gasteiger partial charge in [0.2, 0.25) is 5.88 Å². The molecule has 0 spiro atoms. The molecule has 1 aromatic heterocycles. The number of fused-ring (bicyclic) bond motifs is 1. The Balaban J connectivity index is 1.78. The Kier molecular flexibility index (Phi) is 3.97. The van der Waals surface area contributed by atoms with Crippen molar-refractivity contribution in [1.82, 2.24) is 5.16 Å². The van der Waals surface area contributed by atoms with Crippen LogP contribution in [0.25, 0.3) is 0 Å². The van der Waals surface area contributed by atoms with E-state index in [0.717, 1.165) is 30.5 Å². The lowest BCUT2D eigenvalue weighted by Crippen LogP contribution is -2.15. The molecule has 3 rings (SSSR count). The molecule has 0 saturated carbocycles. The molecular formula is C16H18N2O4S. The number of amides is 1. The maximum Gasteiger partial charge on any atom is 0.258 e. The zero-order chi connectivity index (χ0) is 16.6. The number of carbonyl (C=O) groups is 1. The molecular weight excluding hydrogens is 316 g/mol. The monoisotopic (exact) mass is 334 g/mol. The van der Waals surface area contributed by atoms with Crippen LogP contribution in [-0.2, 0) is 22.7 Å². The SMILES string of the molecule is CC(C)S(=O)(=O)c1ccc(C(=O)Nc2onc3c2CCC3)cc1. The summed E-state index contributed by atoms with van der Waals surface area (Å²) in [4.78, 5) is 12.5. The lowest BCUT2D eigenvalue weighted by atomic mass is 10.2. The largest absolute Gasteiger partial charge is 0.338 e. The standard InChI is InChI=1S/C16H18N2O4S/c1-10(2)23(20,21)12-8-6-11(7-9-12)15(19)17-16-13-4-3-5-14(13)18-22-16/h6-10H,3-5H2,1-2H3,(H,17,19). The molecule has 1 aromatic carbocycles. The Morgan fingerprint density at radius 3 is 2.57 bits per heavy atom. The number of anilines is 1. The van der Waals surface area contributed by atoms with Crippen molar-refractivity contribution >= 4 is 21.6 Å². The summed E-state index contributed by atoms with van der Waals surface area (Å²) in [6.45, 7) is 3.25. The molecule has 0 unspecified atom stereocenters. The second kappa shape index (κ2) is 5.81. The van der Waals surface area contributed by atoms with Crippen LogP contribution in [0.15, 0.2) is 33.7 Å². The van der Waals surface area contributed by atoms with Crippen LogP contribution in [0, 0.1) is 0 Å². The summed E-state index contributed by atoms with van der Waals surface area (Å²) in [6, 6.07) is 5.91. The number of nitrogens with one attached hydrogen (secondary N) is 1. The highest BCUT2D eigenvalue weighted by Crippen LogP contribution is 2.28. The molecule has 0 fully saturated rings. The van der Waals surface area contributed by atoms with Crippen molar-refractivity contribution in [3.63, 3.8) is 0 Å². The van der Waals surface area contributed by atoms with E-state index in [2.05, 4.69) is 10.5 Å². The van der Waals surface area contributed by atoms with Gasteiger partial charge in [0.15, 0.2) is 9.84 Å². The van der Waals surface area contributed by atoms with Gasteiger partial charge >= 0.3 is 0 Å². The molecule has 23 heavy (non-hydrogen) atoms. The number of hydrogen-bond donors (Lipinski definition) is 1. The lowest BCUT2D eigenvalue weighted by Gasteiger charge is -2.08. The molecule has 122 valence electrons. The first-order valence-electron chi connectivity index (χ1n) is 7.52. The van der Waals surface area contributed by atoms with Crippen molar-refractivity contribution in [3.8, 4) is 0 Å². The number of aryl methyl sites for hydroxylation is 1. The molecule has 0 aliphatic heterocycles. The normalized spacial score (nSPS) is 14.0. The van der Waals surface area contributed by atoms with Crippen LogP contribution in [0.2, 0.25) is 0 Å². The third kappa shape index (κ3) is 2.88. The maximum absolute atomic E-state index is 12.3. The van der Waals surface area contributed by atoms with Gasteiger partial charge in [-0.05, 0) is 57.4 Å². The van der Waals surface area contributed by atoms with Crippen LogP contribution < -0.4 is 5.32 Å². The predicted molar refractivity (Wildman–Crippen MR) is 85.2 cm³/mol. The summed E-state index contributed by atoms with van der Waals surface area (Å²) in [5.74, 6) is 0.0470. The smallest absolute Gasteiger partial charge is 0.258 e. The third-order valence-corrected chi connectivity index (χ3v) is 6.17. The van der Waals surface area contributed by atoms with E-state index in [1.807, 2.05) is 0 Å². The number of benzene rings is 1. The Morgan fingerprint density at radius 2 is 1.91 bits per heavy atom. The van der Waals surface area contributed by atoms with E-state index in [-0.39, 0.29) is 10.8 Å². The quantitative estimate of drug-likeness (QED) is 0.928. The minimum Gasteiger partial charge on any atom is -0.338 e. The molecule has 1 amide bonds. The molecule has 6 nitrogen and oxygen atoms in total. The van der Waals surface area contributed by atoms with Crippen molar-refractivity contribution in [3.05, 3.63) is 41.1 Å². The van der Waals surface area contributed by atoms with Crippen LogP contribution in [0.1, 0.15) is 41.9 Å². The van der Waals surface area contributed by atoms with Crippen molar-refractivity contribution in [2.45, 2.75) is 43.3 Å². The van der Waals surface area contributed by atoms with E-state index < -0.39 is 15.1 Å². The zero-order valence-corrected chi connectivity index (χ0v) is 13.8. The highest BCUT2D eigenvalue weighted by Gasteiger charge is 2.23. The number of hydrogen-bond acceptors (Lipinski definition) is 5. The van der Waals surface area contributed by atoms with Crippen LogP contribution in [0.3, 0.4) is 0 Å². The van der Waals surface area contributed by atoms with Gasteiger partial charge in [0.05, 0.1) is 15.8 Å². The first kappa shape index (κ1) is 15.7. The van der Waals surface area contributed by atoms with Gasteiger partial charge in [0.25, 0.3) is 5.91 Å². The Morgan fingerprint density at radius 1 is 1.22 bits per heavy atom. The Labute approximate surface area is 134 Å². The molecule has 0 bridgehead atoms. The van der Waals surface area contributed by atoms with Gasteiger partial charge in [-0.1, -0.05) is 5.16 Å². The zero-order valence-electron chi connectivity index (χ0n) is 13.0. The molecule has 1 N–H and O–H groups in total. The minimum atomic E-state index is -3.34. The molecule has 1 aliphatic rings. The fourth-order valence-electron chi connectivity index (χ4n) is 2.57. The number of carbonyl (C=O) groups excluding carboxylic acids is 1. The summed E-state index contributed by atoms with van der Waals surface area (Å²) in [5.41, 5.74) is 2.23. The molecule has 0 radical (unpaired) electrons. The molecule has 2 aromatic rings. The van der Waals surface area contributed by atoms with E-state index in [1.165, 1.54) is 24.3 Å². The minimum absolute atomic E-state index is 0.213. The number of rotatable bonds is 4. The highest BCUT2D eigenvalue weighted by atomic mass is 32.2. The summed E-state index contributed by atoms with van der Waals surface area (Å²) in [6.07, 6.45) is 2.73. The Bertz CT molecular complexity index is 835. The van der Waals surface area contributed by atoms with Gasteiger partial charge < -0.3 is 4.52 Å². The molecule has 1 heterocycles. The molecule has 0 saturated heterocycles.